The third-order valence-electron chi connectivity index (χ3n) is 3.36. The molecule has 4 nitrogen and oxygen atoms in total. The summed E-state index contributed by atoms with van der Waals surface area (Å²) in [6.45, 7) is 4.91. The average molecular weight is 263 g/mol. The lowest BCUT2D eigenvalue weighted by Crippen LogP contribution is -2.45. The summed E-state index contributed by atoms with van der Waals surface area (Å²) in [5.74, 6) is 0.349. The van der Waals surface area contributed by atoms with Crippen LogP contribution in [0.4, 0.5) is 0 Å². The molecule has 106 valence electrons. The Kier molecular flexibility index (Phi) is 5.99. The van der Waals surface area contributed by atoms with Crippen LogP contribution in [0.1, 0.15) is 25.5 Å². The number of nitrogens with one attached hydrogen (secondary N) is 1. The molecule has 0 aliphatic heterocycles. The van der Waals surface area contributed by atoms with Crippen molar-refractivity contribution in [1.29, 1.82) is 0 Å². The minimum absolute atomic E-state index is 0.126. The third-order valence-corrected chi connectivity index (χ3v) is 3.36. The first-order valence-corrected chi connectivity index (χ1v) is 6.68. The Morgan fingerprint density at radius 1 is 1.26 bits per heavy atom. The Morgan fingerprint density at radius 3 is 2.32 bits per heavy atom. The molecule has 0 aliphatic carbocycles. The van der Waals surface area contributed by atoms with Crippen molar-refractivity contribution in [2.24, 2.45) is 11.7 Å². The standard InChI is InChI=1S/C15H25N3O/c1-11(2)13(18(3)4)10-17-15(19)14(16)12-8-6-5-7-9-12/h5-9,11,13-14H,10,16H2,1-4H3,(H,17,19)/t13?,14-/m0/s1. The number of nitrogens with two attached hydrogens (primary N) is 1. The van der Waals surface area contributed by atoms with Crippen molar-refractivity contribution in [3.8, 4) is 0 Å². The Labute approximate surface area is 116 Å². The lowest BCUT2D eigenvalue weighted by Gasteiger charge is -2.28. The second-order valence-corrected chi connectivity index (χ2v) is 5.41. The van der Waals surface area contributed by atoms with Crippen LogP contribution < -0.4 is 11.1 Å². The predicted molar refractivity (Wildman–Crippen MR) is 78.7 cm³/mol. The molecule has 0 aliphatic rings. The summed E-state index contributed by atoms with van der Waals surface area (Å²) < 4.78 is 0. The zero-order valence-corrected chi connectivity index (χ0v) is 12.3. The number of carbonyl (C=O) groups is 1. The van der Waals surface area contributed by atoms with Gasteiger partial charge in [-0.25, -0.2) is 0 Å². The van der Waals surface area contributed by atoms with Gasteiger partial charge in [0.1, 0.15) is 6.04 Å². The van der Waals surface area contributed by atoms with Gasteiger partial charge in [0.2, 0.25) is 5.91 Å². The molecule has 1 aromatic carbocycles. The van der Waals surface area contributed by atoms with E-state index in [1.807, 2.05) is 44.4 Å². The maximum atomic E-state index is 12.0. The van der Waals surface area contributed by atoms with Crippen molar-refractivity contribution in [2.45, 2.75) is 25.9 Å². The van der Waals surface area contributed by atoms with Gasteiger partial charge in [-0.05, 0) is 25.6 Å². The molecule has 0 aromatic heterocycles. The van der Waals surface area contributed by atoms with E-state index in [0.29, 0.717) is 18.5 Å². The van der Waals surface area contributed by atoms with Gasteiger partial charge in [0.05, 0.1) is 0 Å². The fourth-order valence-electron chi connectivity index (χ4n) is 2.14. The molecule has 0 radical (unpaired) electrons. The van der Waals surface area contributed by atoms with Gasteiger partial charge in [0.15, 0.2) is 0 Å². The van der Waals surface area contributed by atoms with Crippen molar-refractivity contribution < 1.29 is 4.79 Å². The van der Waals surface area contributed by atoms with E-state index in [4.69, 9.17) is 5.73 Å². The fraction of sp³-hybridized carbons (Fsp3) is 0.533. The molecule has 0 saturated heterocycles. The van der Waals surface area contributed by atoms with Gasteiger partial charge in [-0.3, -0.25) is 4.79 Å². The van der Waals surface area contributed by atoms with Gasteiger partial charge in [0, 0.05) is 12.6 Å². The smallest absolute Gasteiger partial charge is 0.241 e. The van der Waals surface area contributed by atoms with Crippen LogP contribution in [0.25, 0.3) is 0 Å². The van der Waals surface area contributed by atoms with Crippen LogP contribution in [0.5, 0.6) is 0 Å². The molecule has 4 heteroatoms. The van der Waals surface area contributed by atoms with Crippen molar-refractivity contribution in [3.63, 3.8) is 0 Å². The summed E-state index contributed by atoms with van der Waals surface area (Å²) in [6, 6.07) is 9.14. The molecule has 0 fully saturated rings. The van der Waals surface area contributed by atoms with E-state index in [0.717, 1.165) is 5.56 Å². The Bertz CT molecular complexity index is 382. The van der Waals surface area contributed by atoms with Crippen LogP contribution >= 0.6 is 0 Å². The highest BCUT2D eigenvalue weighted by molar-refractivity contribution is 5.82. The van der Waals surface area contributed by atoms with Gasteiger partial charge in [-0.1, -0.05) is 44.2 Å². The minimum atomic E-state index is -0.601. The van der Waals surface area contributed by atoms with Crippen molar-refractivity contribution >= 4 is 5.91 Å². The van der Waals surface area contributed by atoms with E-state index in [1.165, 1.54) is 0 Å². The lowest BCUT2D eigenvalue weighted by atomic mass is 10.0. The Hall–Kier alpha value is -1.39. The SMILES string of the molecule is CC(C)C(CNC(=O)[C@@H](N)c1ccccc1)N(C)C. The number of hydrogen-bond donors (Lipinski definition) is 2. The van der Waals surface area contributed by atoms with E-state index in [-0.39, 0.29) is 5.91 Å². The number of amides is 1. The van der Waals surface area contributed by atoms with Crippen LogP contribution in [-0.2, 0) is 4.79 Å². The molecule has 0 saturated carbocycles. The number of hydrogen-bond acceptors (Lipinski definition) is 3. The van der Waals surface area contributed by atoms with E-state index >= 15 is 0 Å². The average Bonchev–Trinajstić information content (AvgIpc) is 2.38. The fourth-order valence-corrected chi connectivity index (χ4v) is 2.14. The predicted octanol–water partition coefficient (Wildman–Crippen LogP) is 1.39. The molecule has 1 aromatic rings. The molecule has 19 heavy (non-hydrogen) atoms. The topological polar surface area (TPSA) is 58.4 Å². The molecule has 1 amide bonds. The first-order valence-electron chi connectivity index (χ1n) is 6.68. The highest BCUT2D eigenvalue weighted by atomic mass is 16.2. The summed E-state index contributed by atoms with van der Waals surface area (Å²) in [7, 11) is 4.04. The van der Waals surface area contributed by atoms with Crippen LogP contribution in [-0.4, -0.2) is 37.5 Å². The minimum Gasteiger partial charge on any atom is -0.353 e. The zero-order chi connectivity index (χ0) is 14.4. The lowest BCUT2D eigenvalue weighted by molar-refractivity contribution is -0.122. The molecule has 3 N–H and O–H groups in total. The van der Waals surface area contributed by atoms with Gasteiger partial charge in [-0.2, -0.15) is 0 Å². The number of carbonyl (C=O) groups excluding carboxylic acids is 1. The van der Waals surface area contributed by atoms with Crippen molar-refractivity contribution in [1.82, 2.24) is 10.2 Å². The highest BCUT2D eigenvalue weighted by Gasteiger charge is 2.19. The van der Waals surface area contributed by atoms with Crippen LogP contribution in [0.3, 0.4) is 0 Å². The van der Waals surface area contributed by atoms with Gasteiger partial charge < -0.3 is 16.0 Å². The summed E-state index contributed by atoms with van der Waals surface area (Å²) in [4.78, 5) is 14.2. The molecule has 0 heterocycles. The zero-order valence-electron chi connectivity index (χ0n) is 12.3. The third kappa shape index (κ3) is 4.65. The first-order chi connectivity index (χ1) is 8.93. The summed E-state index contributed by atoms with van der Waals surface area (Å²) >= 11 is 0. The van der Waals surface area contributed by atoms with Gasteiger partial charge in [0.25, 0.3) is 0 Å². The molecular formula is C15H25N3O. The molecule has 0 spiro atoms. The van der Waals surface area contributed by atoms with E-state index < -0.39 is 6.04 Å². The normalized spacial score (nSPS) is 14.5. The van der Waals surface area contributed by atoms with Crippen LogP contribution in [0.2, 0.25) is 0 Å². The number of benzene rings is 1. The van der Waals surface area contributed by atoms with Crippen molar-refractivity contribution in [3.05, 3.63) is 35.9 Å². The summed E-state index contributed by atoms with van der Waals surface area (Å²) in [6.07, 6.45) is 0. The van der Waals surface area contributed by atoms with Gasteiger partial charge >= 0.3 is 0 Å². The Morgan fingerprint density at radius 2 is 1.84 bits per heavy atom. The van der Waals surface area contributed by atoms with Crippen LogP contribution in [0.15, 0.2) is 30.3 Å². The molecule has 1 rings (SSSR count). The van der Waals surface area contributed by atoms with Crippen molar-refractivity contribution in [2.75, 3.05) is 20.6 Å². The summed E-state index contributed by atoms with van der Waals surface area (Å²) in [5.41, 5.74) is 6.79. The monoisotopic (exact) mass is 263 g/mol. The summed E-state index contributed by atoms with van der Waals surface area (Å²) in [5, 5.41) is 2.94. The first kappa shape index (κ1) is 15.7. The van der Waals surface area contributed by atoms with Gasteiger partial charge in [-0.15, -0.1) is 0 Å². The molecule has 0 bridgehead atoms. The van der Waals surface area contributed by atoms with E-state index in [1.54, 1.807) is 0 Å². The second-order valence-electron chi connectivity index (χ2n) is 5.41. The number of rotatable bonds is 6. The number of nitrogens with zero attached hydrogens (tertiary/aromatic N) is 1. The maximum absolute atomic E-state index is 12.0. The highest BCUT2D eigenvalue weighted by Crippen LogP contribution is 2.10. The van der Waals surface area contributed by atoms with E-state index in [9.17, 15) is 4.79 Å². The maximum Gasteiger partial charge on any atom is 0.241 e. The Balaban J connectivity index is 2.56. The molecule has 1 unspecified atom stereocenters. The largest absolute Gasteiger partial charge is 0.353 e. The molecular weight excluding hydrogens is 238 g/mol. The second kappa shape index (κ2) is 7.26. The number of likely N-dealkylation sites (N-methyl/N-ethyl adjacent to an activating group) is 1. The van der Waals surface area contributed by atoms with E-state index in [2.05, 4.69) is 24.1 Å². The van der Waals surface area contributed by atoms with Crippen LogP contribution in [0, 0.1) is 5.92 Å². The molecule has 2 atom stereocenters. The quantitative estimate of drug-likeness (QED) is 0.815.